The zero-order chi connectivity index (χ0) is 15.2. The zero-order valence-corrected chi connectivity index (χ0v) is 13.2. The molecule has 0 saturated heterocycles. The molecule has 0 aliphatic heterocycles. The third kappa shape index (κ3) is 5.06. The summed E-state index contributed by atoms with van der Waals surface area (Å²) >= 11 is 0. The van der Waals surface area contributed by atoms with Crippen LogP contribution in [0.15, 0.2) is 48.5 Å². The standard InChI is InChI=1S/C17H19NO3.ClH/c1-12-9-14(10-15(18)17(19)20)7-8-16(12)21-11-13-5-3-2-4-6-13;/h2-9,15H,10-11,18H2,1H3,(H,19,20);1H/t15-;/m0./s1. The number of ether oxygens (including phenoxy) is 1. The van der Waals surface area contributed by atoms with Gasteiger partial charge in [-0.05, 0) is 36.1 Å². The number of rotatable bonds is 6. The molecule has 2 rings (SSSR count). The Kier molecular flexibility index (Phi) is 6.89. The number of carboxylic acid groups (broad SMARTS) is 1. The van der Waals surface area contributed by atoms with Gasteiger partial charge in [0.1, 0.15) is 18.4 Å². The van der Waals surface area contributed by atoms with Crippen LogP contribution in [0.3, 0.4) is 0 Å². The molecule has 3 N–H and O–H groups in total. The van der Waals surface area contributed by atoms with Gasteiger partial charge in [-0.3, -0.25) is 4.79 Å². The van der Waals surface area contributed by atoms with E-state index in [1.807, 2.05) is 55.5 Å². The molecule has 0 fully saturated rings. The van der Waals surface area contributed by atoms with Crippen molar-refractivity contribution in [2.24, 2.45) is 5.73 Å². The van der Waals surface area contributed by atoms with Crippen molar-refractivity contribution in [1.29, 1.82) is 0 Å². The predicted octanol–water partition coefficient (Wildman–Crippen LogP) is 2.95. The van der Waals surface area contributed by atoms with E-state index in [1.54, 1.807) is 0 Å². The maximum absolute atomic E-state index is 10.8. The van der Waals surface area contributed by atoms with Crippen LogP contribution in [0.5, 0.6) is 5.75 Å². The Hall–Kier alpha value is -2.04. The van der Waals surface area contributed by atoms with Gasteiger partial charge in [0.05, 0.1) is 0 Å². The van der Waals surface area contributed by atoms with E-state index in [0.717, 1.165) is 22.4 Å². The van der Waals surface area contributed by atoms with Gasteiger partial charge in [0, 0.05) is 0 Å². The normalized spacial score (nSPS) is 11.4. The number of nitrogens with two attached hydrogens (primary N) is 1. The number of aryl methyl sites for hydroxylation is 1. The first-order valence-corrected chi connectivity index (χ1v) is 6.81. The monoisotopic (exact) mass is 321 g/mol. The van der Waals surface area contributed by atoms with Crippen molar-refractivity contribution in [3.8, 4) is 5.75 Å². The molecule has 2 aromatic rings. The topological polar surface area (TPSA) is 72.6 Å². The summed E-state index contributed by atoms with van der Waals surface area (Å²) in [7, 11) is 0. The van der Waals surface area contributed by atoms with Crippen LogP contribution in [0.2, 0.25) is 0 Å². The highest BCUT2D eigenvalue weighted by Crippen LogP contribution is 2.21. The molecule has 0 unspecified atom stereocenters. The molecule has 0 aliphatic rings. The summed E-state index contributed by atoms with van der Waals surface area (Å²) in [6.45, 7) is 2.45. The first-order valence-electron chi connectivity index (χ1n) is 6.81. The molecule has 0 bridgehead atoms. The molecule has 0 saturated carbocycles. The van der Waals surface area contributed by atoms with Gasteiger partial charge >= 0.3 is 5.97 Å². The lowest BCUT2D eigenvalue weighted by atomic mass is 10.0. The maximum Gasteiger partial charge on any atom is 0.320 e. The van der Waals surface area contributed by atoms with Crippen LogP contribution in [0.4, 0.5) is 0 Å². The Morgan fingerprint density at radius 2 is 1.86 bits per heavy atom. The van der Waals surface area contributed by atoms with Gasteiger partial charge in [0.15, 0.2) is 0 Å². The number of carbonyl (C=O) groups is 1. The Morgan fingerprint density at radius 3 is 2.45 bits per heavy atom. The van der Waals surface area contributed by atoms with Gasteiger partial charge in [-0.1, -0.05) is 42.5 Å². The van der Waals surface area contributed by atoms with Gasteiger partial charge < -0.3 is 15.6 Å². The average Bonchev–Trinajstić information content (AvgIpc) is 2.47. The van der Waals surface area contributed by atoms with Crippen LogP contribution in [-0.4, -0.2) is 17.1 Å². The van der Waals surface area contributed by atoms with E-state index >= 15 is 0 Å². The van der Waals surface area contributed by atoms with Gasteiger partial charge in [-0.15, -0.1) is 12.4 Å². The minimum absolute atomic E-state index is 0. The fourth-order valence-corrected chi connectivity index (χ4v) is 2.08. The third-order valence-electron chi connectivity index (χ3n) is 3.25. The van der Waals surface area contributed by atoms with Gasteiger partial charge in [-0.25, -0.2) is 0 Å². The molecule has 4 nitrogen and oxygen atoms in total. The maximum atomic E-state index is 10.8. The second-order valence-corrected chi connectivity index (χ2v) is 5.02. The highest BCUT2D eigenvalue weighted by atomic mass is 35.5. The van der Waals surface area contributed by atoms with Crippen molar-refractivity contribution in [2.75, 3.05) is 0 Å². The van der Waals surface area contributed by atoms with Crippen molar-refractivity contribution in [2.45, 2.75) is 26.0 Å². The number of benzene rings is 2. The molecule has 2 aromatic carbocycles. The first-order chi connectivity index (χ1) is 10.1. The summed E-state index contributed by atoms with van der Waals surface area (Å²) < 4.78 is 5.78. The molecule has 22 heavy (non-hydrogen) atoms. The van der Waals surface area contributed by atoms with Crippen LogP contribution in [0.25, 0.3) is 0 Å². The van der Waals surface area contributed by atoms with Crippen LogP contribution >= 0.6 is 12.4 Å². The smallest absolute Gasteiger partial charge is 0.320 e. The van der Waals surface area contributed by atoms with E-state index in [2.05, 4.69) is 0 Å². The number of hydrogen-bond acceptors (Lipinski definition) is 3. The Balaban J connectivity index is 0.00000242. The van der Waals surface area contributed by atoms with E-state index in [0.29, 0.717) is 13.0 Å². The summed E-state index contributed by atoms with van der Waals surface area (Å²) in [6.07, 6.45) is 0.315. The van der Waals surface area contributed by atoms with Crippen molar-refractivity contribution >= 4 is 18.4 Å². The van der Waals surface area contributed by atoms with Gasteiger partial charge in [0.25, 0.3) is 0 Å². The van der Waals surface area contributed by atoms with E-state index in [4.69, 9.17) is 15.6 Å². The zero-order valence-electron chi connectivity index (χ0n) is 12.4. The van der Waals surface area contributed by atoms with E-state index in [9.17, 15) is 4.79 Å². The van der Waals surface area contributed by atoms with Crippen molar-refractivity contribution < 1.29 is 14.6 Å². The molecule has 0 heterocycles. The second kappa shape index (κ2) is 8.41. The predicted molar refractivity (Wildman–Crippen MR) is 88.5 cm³/mol. The molecule has 0 aliphatic carbocycles. The third-order valence-corrected chi connectivity index (χ3v) is 3.25. The minimum Gasteiger partial charge on any atom is -0.489 e. The summed E-state index contributed by atoms with van der Waals surface area (Å²) in [5, 5.41) is 8.83. The SMILES string of the molecule is Cc1cc(C[C@H](N)C(=O)O)ccc1OCc1ccccc1.Cl. The molecule has 0 amide bonds. The van der Waals surface area contributed by atoms with E-state index < -0.39 is 12.0 Å². The van der Waals surface area contributed by atoms with Gasteiger partial charge in [-0.2, -0.15) is 0 Å². The fourth-order valence-electron chi connectivity index (χ4n) is 2.08. The van der Waals surface area contributed by atoms with Gasteiger partial charge in [0.2, 0.25) is 0 Å². The van der Waals surface area contributed by atoms with E-state index in [1.165, 1.54) is 0 Å². The van der Waals surface area contributed by atoms with Crippen LogP contribution in [-0.2, 0) is 17.8 Å². The van der Waals surface area contributed by atoms with Crippen LogP contribution < -0.4 is 10.5 Å². The summed E-state index contributed by atoms with van der Waals surface area (Å²) in [6, 6.07) is 14.7. The van der Waals surface area contributed by atoms with E-state index in [-0.39, 0.29) is 12.4 Å². The van der Waals surface area contributed by atoms with Crippen LogP contribution in [0.1, 0.15) is 16.7 Å². The highest BCUT2D eigenvalue weighted by Gasteiger charge is 2.12. The molecule has 0 spiro atoms. The number of aliphatic carboxylic acids is 1. The lowest BCUT2D eigenvalue weighted by molar-refractivity contribution is -0.138. The molecule has 1 atom stereocenters. The summed E-state index contributed by atoms with van der Waals surface area (Å²) in [5.74, 6) is -0.191. The molecular formula is C17H20ClNO3. The Labute approximate surface area is 136 Å². The highest BCUT2D eigenvalue weighted by molar-refractivity contribution is 5.85. The Morgan fingerprint density at radius 1 is 1.18 bits per heavy atom. The number of carboxylic acids is 1. The molecule has 0 radical (unpaired) electrons. The van der Waals surface area contributed by atoms with Crippen molar-refractivity contribution in [3.05, 3.63) is 65.2 Å². The largest absolute Gasteiger partial charge is 0.489 e. The second-order valence-electron chi connectivity index (χ2n) is 5.02. The first kappa shape index (κ1) is 18.0. The minimum atomic E-state index is -0.989. The van der Waals surface area contributed by atoms with Crippen molar-refractivity contribution in [3.63, 3.8) is 0 Å². The molecule has 5 heteroatoms. The average molecular weight is 322 g/mol. The number of hydrogen-bond donors (Lipinski definition) is 2. The number of halogens is 1. The molecular weight excluding hydrogens is 302 g/mol. The summed E-state index contributed by atoms with van der Waals surface area (Å²) in [5.41, 5.74) is 8.52. The van der Waals surface area contributed by atoms with Crippen LogP contribution in [0, 0.1) is 6.92 Å². The van der Waals surface area contributed by atoms with Crippen molar-refractivity contribution in [1.82, 2.24) is 0 Å². The quantitative estimate of drug-likeness (QED) is 0.858. The summed E-state index contributed by atoms with van der Waals surface area (Å²) in [4.78, 5) is 10.8. The lowest BCUT2D eigenvalue weighted by Crippen LogP contribution is -2.32. The molecule has 0 aromatic heterocycles. The lowest BCUT2D eigenvalue weighted by Gasteiger charge is -2.12. The fraction of sp³-hybridized carbons (Fsp3) is 0.235. The molecule has 118 valence electrons. The Bertz CT molecular complexity index is 617.